The quantitative estimate of drug-likeness (QED) is 0.408. The average molecular weight is 256 g/mol. The molecule has 2 aromatic carbocycles. The van der Waals surface area contributed by atoms with Gasteiger partial charge in [0, 0.05) is 23.4 Å². The molecule has 0 bridgehead atoms. The summed E-state index contributed by atoms with van der Waals surface area (Å²) in [5.41, 5.74) is 6.40. The van der Waals surface area contributed by atoms with Gasteiger partial charge in [0.2, 0.25) is 0 Å². The van der Waals surface area contributed by atoms with Gasteiger partial charge in [0.25, 0.3) is 0 Å². The van der Waals surface area contributed by atoms with Crippen molar-refractivity contribution in [1.29, 1.82) is 0 Å². The van der Waals surface area contributed by atoms with Crippen molar-refractivity contribution in [3.63, 3.8) is 0 Å². The van der Waals surface area contributed by atoms with Crippen molar-refractivity contribution in [3.05, 3.63) is 71.9 Å². The Hall–Kier alpha value is -2.61. The molecule has 0 amide bonds. The highest BCUT2D eigenvalue weighted by atomic mass is 15.1. The van der Waals surface area contributed by atoms with Crippen LogP contribution in [0, 0.1) is 0 Å². The highest BCUT2D eigenvalue weighted by Gasteiger charge is 2.21. The van der Waals surface area contributed by atoms with Gasteiger partial charge in [-0.25, -0.2) is 4.98 Å². The van der Waals surface area contributed by atoms with E-state index < -0.39 is 0 Å². The maximum atomic E-state index is 4.63. The molecule has 2 aromatic heterocycles. The minimum Gasteiger partial charge on any atom is -0.293 e. The predicted molar refractivity (Wildman–Crippen MR) is 81.4 cm³/mol. The normalized spacial score (nSPS) is 12.8. The van der Waals surface area contributed by atoms with E-state index in [1.54, 1.807) is 0 Å². The Kier molecular flexibility index (Phi) is 1.78. The first-order chi connectivity index (χ1) is 9.93. The van der Waals surface area contributed by atoms with Crippen LogP contribution < -0.4 is 0 Å². The molecule has 20 heavy (non-hydrogen) atoms. The summed E-state index contributed by atoms with van der Waals surface area (Å²) in [6.07, 6.45) is 2.88. The summed E-state index contributed by atoms with van der Waals surface area (Å²) < 4.78 is 2.32. The monoisotopic (exact) mass is 256 g/mol. The van der Waals surface area contributed by atoms with Gasteiger partial charge in [0.1, 0.15) is 5.65 Å². The second-order valence-electron chi connectivity index (χ2n) is 5.33. The average Bonchev–Trinajstić information content (AvgIpc) is 2.85. The fraction of sp³-hybridized carbons (Fsp3) is 0.0556. The molecule has 5 rings (SSSR count). The lowest BCUT2D eigenvalue weighted by Gasteiger charge is -2.19. The molecule has 2 nitrogen and oxygen atoms in total. The molecule has 0 saturated heterocycles. The maximum Gasteiger partial charge on any atom is 0.145 e. The molecule has 1 aliphatic heterocycles. The Balaban J connectivity index is 2.12. The molecule has 3 heterocycles. The number of hydrogen-bond donors (Lipinski definition) is 0. The molecule has 0 saturated carbocycles. The van der Waals surface area contributed by atoms with E-state index in [4.69, 9.17) is 0 Å². The molecule has 94 valence electrons. The number of nitrogens with zero attached hydrogens (tertiary/aromatic N) is 2. The Morgan fingerprint density at radius 3 is 2.65 bits per heavy atom. The van der Waals surface area contributed by atoms with Crippen LogP contribution in [0.3, 0.4) is 0 Å². The zero-order valence-electron chi connectivity index (χ0n) is 10.9. The standard InChI is InChI=1S/C18H12N2/c1-2-9-16-12(5-1)11-13-6-3-7-14-15-8-4-10-19-18(15)20(16)17(13)14/h1-10H,11H2. The van der Waals surface area contributed by atoms with Gasteiger partial charge < -0.3 is 0 Å². The van der Waals surface area contributed by atoms with Crippen LogP contribution >= 0.6 is 0 Å². The van der Waals surface area contributed by atoms with Crippen LogP contribution in [0.2, 0.25) is 0 Å². The van der Waals surface area contributed by atoms with Gasteiger partial charge in [0.05, 0.1) is 11.2 Å². The van der Waals surface area contributed by atoms with E-state index in [0.29, 0.717) is 0 Å². The Labute approximate surface area is 116 Å². The first kappa shape index (κ1) is 10.2. The molecule has 0 fully saturated rings. The van der Waals surface area contributed by atoms with E-state index in [0.717, 1.165) is 12.1 Å². The number of aromatic nitrogens is 2. The summed E-state index contributed by atoms with van der Waals surface area (Å²) in [5.74, 6) is 0. The topological polar surface area (TPSA) is 17.8 Å². The van der Waals surface area contributed by atoms with Crippen LogP contribution in [0.1, 0.15) is 11.1 Å². The predicted octanol–water partition coefficient (Wildman–Crippen LogP) is 4.08. The number of fused-ring (bicyclic) bond motifs is 5. The number of benzene rings is 2. The van der Waals surface area contributed by atoms with Crippen molar-refractivity contribution < 1.29 is 0 Å². The molecule has 2 heteroatoms. The van der Waals surface area contributed by atoms with Crippen LogP contribution in [0.15, 0.2) is 60.8 Å². The molecule has 0 atom stereocenters. The van der Waals surface area contributed by atoms with Crippen molar-refractivity contribution in [2.24, 2.45) is 0 Å². The van der Waals surface area contributed by atoms with E-state index in [-0.39, 0.29) is 0 Å². The van der Waals surface area contributed by atoms with Crippen molar-refractivity contribution in [2.45, 2.75) is 6.42 Å². The fourth-order valence-corrected chi connectivity index (χ4v) is 3.42. The van der Waals surface area contributed by atoms with Gasteiger partial charge in [-0.05, 0) is 29.3 Å². The van der Waals surface area contributed by atoms with Crippen LogP contribution in [0.4, 0.5) is 0 Å². The highest BCUT2D eigenvalue weighted by molar-refractivity contribution is 6.09. The summed E-state index contributed by atoms with van der Waals surface area (Å²) in [4.78, 5) is 4.63. The molecule has 1 aliphatic rings. The Bertz CT molecular complexity index is 979. The smallest absolute Gasteiger partial charge is 0.145 e. The van der Waals surface area contributed by atoms with Gasteiger partial charge in [-0.2, -0.15) is 0 Å². The first-order valence-electron chi connectivity index (χ1n) is 6.89. The second kappa shape index (κ2) is 3.48. The number of pyridine rings is 1. The molecule has 0 unspecified atom stereocenters. The third-order valence-electron chi connectivity index (χ3n) is 4.25. The molecule has 0 aliphatic carbocycles. The molecular formula is C18H12N2. The van der Waals surface area contributed by atoms with Crippen LogP contribution in [0.25, 0.3) is 27.6 Å². The summed E-state index contributed by atoms with van der Waals surface area (Å²) in [5, 5.41) is 2.54. The van der Waals surface area contributed by atoms with Gasteiger partial charge in [0.15, 0.2) is 0 Å². The highest BCUT2D eigenvalue weighted by Crippen LogP contribution is 2.38. The van der Waals surface area contributed by atoms with E-state index in [1.807, 2.05) is 12.3 Å². The fourth-order valence-electron chi connectivity index (χ4n) is 3.42. The summed E-state index contributed by atoms with van der Waals surface area (Å²) in [6, 6.07) is 19.4. The minimum atomic E-state index is 1.00. The lowest BCUT2D eigenvalue weighted by atomic mass is 9.98. The number of para-hydroxylation sites is 2. The number of rotatable bonds is 0. The first-order valence-corrected chi connectivity index (χ1v) is 6.89. The SMILES string of the molecule is c1ccc2c(c1)Cc1cccc3c4cccnc4n-2c13. The van der Waals surface area contributed by atoms with Crippen LogP contribution in [-0.2, 0) is 6.42 Å². The summed E-state index contributed by atoms with van der Waals surface area (Å²) >= 11 is 0. The Morgan fingerprint density at radius 2 is 1.65 bits per heavy atom. The molecular weight excluding hydrogens is 244 g/mol. The van der Waals surface area contributed by atoms with E-state index in [2.05, 4.69) is 58.1 Å². The summed E-state index contributed by atoms with van der Waals surface area (Å²) in [7, 11) is 0. The Morgan fingerprint density at radius 1 is 0.800 bits per heavy atom. The van der Waals surface area contributed by atoms with Crippen molar-refractivity contribution in [3.8, 4) is 5.69 Å². The van der Waals surface area contributed by atoms with Gasteiger partial charge in [-0.15, -0.1) is 0 Å². The molecule has 0 spiro atoms. The third kappa shape index (κ3) is 1.12. The molecule has 0 radical (unpaired) electrons. The minimum absolute atomic E-state index is 1.00. The third-order valence-corrected chi connectivity index (χ3v) is 4.25. The van der Waals surface area contributed by atoms with Crippen LogP contribution in [-0.4, -0.2) is 9.55 Å². The van der Waals surface area contributed by atoms with Crippen molar-refractivity contribution in [2.75, 3.05) is 0 Å². The lowest BCUT2D eigenvalue weighted by molar-refractivity contribution is 1.03. The second-order valence-corrected chi connectivity index (χ2v) is 5.33. The lowest BCUT2D eigenvalue weighted by Crippen LogP contribution is -2.07. The van der Waals surface area contributed by atoms with Gasteiger partial charge in [-0.3, -0.25) is 4.57 Å². The van der Waals surface area contributed by atoms with Crippen molar-refractivity contribution in [1.82, 2.24) is 9.55 Å². The summed E-state index contributed by atoms with van der Waals surface area (Å²) in [6.45, 7) is 0. The van der Waals surface area contributed by atoms with Gasteiger partial charge in [-0.1, -0.05) is 36.4 Å². The van der Waals surface area contributed by atoms with E-state index >= 15 is 0 Å². The maximum absolute atomic E-state index is 4.63. The zero-order valence-corrected chi connectivity index (χ0v) is 10.9. The number of hydrogen-bond acceptors (Lipinski definition) is 1. The van der Waals surface area contributed by atoms with Gasteiger partial charge >= 0.3 is 0 Å². The van der Waals surface area contributed by atoms with Crippen LogP contribution in [0.5, 0.6) is 0 Å². The molecule has 4 aromatic rings. The molecule has 0 N–H and O–H groups in total. The van der Waals surface area contributed by atoms with Crippen molar-refractivity contribution >= 4 is 21.9 Å². The largest absolute Gasteiger partial charge is 0.293 e. The zero-order chi connectivity index (χ0) is 13.1. The van der Waals surface area contributed by atoms with E-state index in [1.165, 1.54) is 33.1 Å². The van der Waals surface area contributed by atoms with E-state index in [9.17, 15) is 0 Å².